The molecule has 27 heavy (non-hydrogen) atoms. The van der Waals surface area contributed by atoms with Gasteiger partial charge in [-0.1, -0.05) is 11.6 Å². The fourth-order valence-corrected chi connectivity index (χ4v) is 3.15. The highest BCUT2D eigenvalue weighted by Gasteiger charge is 2.19. The molecular formula is C20H19ClN2O4. The zero-order chi connectivity index (χ0) is 19.6. The molecule has 0 aliphatic rings. The monoisotopic (exact) mass is 386 g/mol. The van der Waals surface area contributed by atoms with Gasteiger partial charge >= 0.3 is 11.9 Å². The Kier molecular flexibility index (Phi) is 5.46. The summed E-state index contributed by atoms with van der Waals surface area (Å²) in [5, 5.41) is 1.25. The van der Waals surface area contributed by atoms with Crippen molar-refractivity contribution in [2.45, 2.75) is 27.3 Å². The van der Waals surface area contributed by atoms with E-state index < -0.39 is 11.9 Å². The Bertz CT molecular complexity index is 1030. The van der Waals surface area contributed by atoms with Crippen molar-refractivity contribution in [3.63, 3.8) is 0 Å². The van der Waals surface area contributed by atoms with Crippen LogP contribution in [0.4, 0.5) is 0 Å². The Morgan fingerprint density at radius 3 is 2.74 bits per heavy atom. The Balaban J connectivity index is 1.83. The smallest absolute Gasteiger partial charge is 0.339 e. The summed E-state index contributed by atoms with van der Waals surface area (Å²) in [6.07, 6.45) is 1.61. The molecule has 0 fully saturated rings. The van der Waals surface area contributed by atoms with Gasteiger partial charge in [-0.05, 0) is 51.1 Å². The van der Waals surface area contributed by atoms with Crippen LogP contribution in [0.3, 0.4) is 0 Å². The number of nitrogens with zero attached hydrogens (tertiary/aromatic N) is 2. The number of pyridine rings is 1. The SMILES string of the molecule is CCOC(=O)c1cc(C)n(CC(=O)Oc2ccc(Cl)c3cccnc23)c1C. The lowest BCUT2D eigenvalue weighted by Crippen LogP contribution is -2.18. The minimum atomic E-state index is -0.471. The second-order valence-electron chi connectivity index (χ2n) is 6.01. The number of aryl methyl sites for hydroxylation is 1. The van der Waals surface area contributed by atoms with Gasteiger partial charge in [-0.25, -0.2) is 9.59 Å². The normalized spacial score (nSPS) is 10.8. The van der Waals surface area contributed by atoms with Crippen molar-refractivity contribution in [2.24, 2.45) is 0 Å². The van der Waals surface area contributed by atoms with Crippen molar-refractivity contribution >= 4 is 34.4 Å². The van der Waals surface area contributed by atoms with Crippen LogP contribution in [0.25, 0.3) is 10.9 Å². The topological polar surface area (TPSA) is 70.4 Å². The van der Waals surface area contributed by atoms with E-state index in [4.69, 9.17) is 21.1 Å². The van der Waals surface area contributed by atoms with E-state index in [1.165, 1.54) is 0 Å². The number of ether oxygens (including phenoxy) is 2. The van der Waals surface area contributed by atoms with Gasteiger partial charge in [0.15, 0.2) is 5.75 Å². The van der Waals surface area contributed by atoms with Crippen LogP contribution >= 0.6 is 11.6 Å². The van der Waals surface area contributed by atoms with Gasteiger partial charge in [0.2, 0.25) is 0 Å². The van der Waals surface area contributed by atoms with Crippen molar-refractivity contribution in [3.05, 3.63) is 58.5 Å². The first-order valence-corrected chi connectivity index (χ1v) is 8.88. The summed E-state index contributed by atoms with van der Waals surface area (Å²) in [7, 11) is 0. The van der Waals surface area contributed by atoms with Crippen LogP contribution in [-0.2, 0) is 16.1 Å². The molecule has 0 saturated carbocycles. The zero-order valence-electron chi connectivity index (χ0n) is 15.3. The molecule has 0 atom stereocenters. The number of rotatable bonds is 5. The molecule has 7 heteroatoms. The lowest BCUT2D eigenvalue weighted by atomic mass is 10.2. The maximum atomic E-state index is 12.5. The predicted octanol–water partition coefficient (Wildman–Crippen LogP) is 4.09. The molecule has 1 aromatic carbocycles. The quantitative estimate of drug-likeness (QED) is 0.488. The summed E-state index contributed by atoms with van der Waals surface area (Å²) in [6, 6.07) is 8.57. The summed E-state index contributed by atoms with van der Waals surface area (Å²) in [5.74, 6) is -0.535. The standard InChI is InChI=1S/C20H19ClN2O4/c1-4-26-20(25)15-10-12(2)23(13(15)3)11-18(24)27-17-8-7-16(21)14-6-5-9-22-19(14)17/h5-10H,4,11H2,1-3H3. The van der Waals surface area contributed by atoms with Crippen LogP contribution in [0.5, 0.6) is 5.75 Å². The van der Waals surface area contributed by atoms with Gasteiger partial charge in [0.05, 0.1) is 17.2 Å². The van der Waals surface area contributed by atoms with E-state index in [2.05, 4.69) is 4.98 Å². The highest BCUT2D eigenvalue weighted by Crippen LogP contribution is 2.29. The fraction of sp³-hybridized carbons (Fsp3) is 0.250. The molecular weight excluding hydrogens is 368 g/mol. The molecule has 0 aliphatic carbocycles. The molecule has 0 amide bonds. The Morgan fingerprint density at radius 1 is 1.22 bits per heavy atom. The largest absolute Gasteiger partial charge is 0.462 e. The molecule has 0 bridgehead atoms. The van der Waals surface area contributed by atoms with Gasteiger partial charge < -0.3 is 14.0 Å². The van der Waals surface area contributed by atoms with E-state index in [1.807, 2.05) is 13.0 Å². The number of aromatic nitrogens is 2. The maximum Gasteiger partial charge on any atom is 0.339 e. The van der Waals surface area contributed by atoms with Crippen molar-refractivity contribution in [2.75, 3.05) is 6.61 Å². The number of esters is 2. The van der Waals surface area contributed by atoms with E-state index in [0.29, 0.717) is 39.5 Å². The molecule has 0 spiro atoms. The van der Waals surface area contributed by atoms with Crippen molar-refractivity contribution in [3.8, 4) is 5.75 Å². The summed E-state index contributed by atoms with van der Waals surface area (Å²) in [6.45, 7) is 5.60. The predicted molar refractivity (Wildman–Crippen MR) is 102 cm³/mol. The zero-order valence-corrected chi connectivity index (χ0v) is 16.0. The molecule has 0 radical (unpaired) electrons. The van der Waals surface area contributed by atoms with E-state index in [1.54, 1.807) is 48.9 Å². The summed E-state index contributed by atoms with van der Waals surface area (Å²) in [4.78, 5) is 28.8. The molecule has 3 rings (SSSR count). The first-order chi connectivity index (χ1) is 12.9. The number of halogens is 1. The van der Waals surface area contributed by atoms with Crippen molar-refractivity contribution in [1.29, 1.82) is 0 Å². The van der Waals surface area contributed by atoms with Crippen LogP contribution in [-0.4, -0.2) is 28.1 Å². The average Bonchev–Trinajstić information content (AvgIpc) is 2.93. The minimum absolute atomic E-state index is 0.0337. The van der Waals surface area contributed by atoms with Gasteiger partial charge in [-0.2, -0.15) is 0 Å². The van der Waals surface area contributed by atoms with Crippen molar-refractivity contribution in [1.82, 2.24) is 9.55 Å². The van der Waals surface area contributed by atoms with Gasteiger partial charge in [0.25, 0.3) is 0 Å². The summed E-state index contributed by atoms with van der Waals surface area (Å²) < 4.78 is 12.3. The molecule has 140 valence electrons. The summed E-state index contributed by atoms with van der Waals surface area (Å²) >= 11 is 6.17. The second-order valence-corrected chi connectivity index (χ2v) is 6.42. The van der Waals surface area contributed by atoms with Crippen LogP contribution in [0, 0.1) is 13.8 Å². The van der Waals surface area contributed by atoms with Crippen LogP contribution in [0.15, 0.2) is 36.5 Å². The molecule has 3 aromatic rings. The number of fused-ring (bicyclic) bond motifs is 1. The fourth-order valence-electron chi connectivity index (χ4n) is 2.94. The molecule has 2 heterocycles. The number of hydrogen-bond acceptors (Lipinski definition) is 5. The van der Waals surface area contributed by atoms with Crippen LogP contribution < -0.4 is 4.74 Å². The van der Waals surface area contributed by atoms with Crippen LogP contribution in [0.1, 0.15) is 28.7 Å². The second kappa shape index (κ2) is 7.80. The number of carbonyl (C=O) groups excluding carboxylic acids is 2. The van der Waals surface area contributed by atoms with E-state index in [9.17, 15) is 9.59 Å². The number of hydrogen-bond donors (Lipinski definition) is 0. The third-order valence-electron chi connectivity index (χ3n) is 4.26. The minimum Gasteiger partial charge on any atom is -0.462 e. The van der Waals surface area contributed by atoms with Gasteiger partial charge in [-0.15, -0.1) is 0 Å². The third kappa shape index (κ3) is 3.80. The van der Waals surface area contributed by atoms with Gasteiger partial charge in [-0.3, -0.25) is 4.98 Å². The molecule has 0 unspecified atom stereocenters. The molecule has 0 N–H and O–H groups in total. The van der Waals surface area contributed by atoms with Crippen LogP contribution in [0.2, 0.25) is 5.02 Å². The highest BCUT2D eigenvalue weighted by molar-refractivity contribution is 6.35. The first-order valence-electron chi connectivity index (χ1n) is 8.50. The van der Waals surface area contributed by atoms with Gasteiger partial charge in [0, 0.05) is 23.0 Å². The molecule has 6 nitrogen and oxygen atoms in total. The van der Waals surface area contributed by atoms with E-state index >= 15 is 0 Å². The molecule has 0 saturated heterocycles. The Labute approximate surface area is 161 Å². The van der Waals surface area contributed by atoms with Crippen molar-refractivity contribution < 1.29 is 19.1 Å². The van der Waals surface area contributed by atoms with E-state index in [-0.39, 0.29) is 6.54 Å². The number of benzene rings is 1. The maximum absolute atomic E-state index is 12.5. The lowest BCUT2D eigenvalue weighted by Gasteiger charge is -2.11. The van der Waals surface area contributed by atoms with E-state index in [0.717, 1.165) is 5.69 Å². The number of carbonyl (C=O) groups is 2. The Morgan fingerprint density at radius 2 is 2.00 bits per heavy atom. The summed E-state index contributed by atoms with van der Waals surface area (Å²) in [5.41, 5.74) is 2.39. The average molecular weight is 387 g/mol. The lowest BCUT2D eigenvalue weighted by molar-refractivity contribution is -0.135. The molecule has 0 aliphatic heterocycles. The van der Waals surface area contributed by atoms with Gasteiger partial charge in [0.1, 0.15) is 12.1 Å². The molecule has 2 aromatic heterocycles. The highest BCUT2D eigenvalue weighted by atomic mass is 35.5. The Hall–Kier alpha value is -2.86. The first kappa shape index (κ1) is 18.9. The third-order valence-corrected chi connectivity index (χ3v) is 4.59.